The van der Waals surface area contributed by atoms with Crippen LogP contribution in [0.4, 0.5) is 17.5 Å². The summed E-state index contributed by atoms with van der Waals surface area (Å²) < 4.78 is 5.00. The van der Waals surface area contributed by atoms with E-state index < -0.39 is 0 Å². The maximum absolute atomic E-state index is 12.5. The molecule has 8 nitrogen and oxygen atoms in total. The third-order valence-corrected chi connectivity index (χ3v) is 5.69. The van der Waals surface area contributed by atoms with Crippen molar-refractivity contribution in [3.05, 3.63) is 24.2 Å². The summed E-state index contributed by atoms with van der Waals surface area (Å²) in [7, 11) is 0. The molecule has 2 fully saturated rings. The number of anilines is 3. The monoisotopic (exact) mass is 384 g/mol. The summed E-state index contributed by atoms with van der Waals surface area (Å²) in [6.07, 6.45) is 5.76. The van der Waals surface area contributed by atoms with Gasteiger partial charge in [-0.15, -0.1) is 0 Å². The van der Waals surface area contributed by atoms with Crippen molar-refractivity contribution in [3.8, 4) is 0 Å². The van der Waals surface area contributed by atoms with E-state index in [1.54, 1.807) is 12.4 Å². The third-order valence-electron chi connectivity index (χ3n) is 5.69. The van der Waals surface area contributed by atoms with Crippen LogP contribution in [0.15, 0.2) is 23.0 Å². The standard InChI is InChI=1S/C20H28N6O2/c1-14-4-3-7-26(12-14)19-11-18(21-13-22-19)25-8-5-16(6-9-25)20(27)23-17-10-15(2)28-24-17/h10-11,13-14,16H,3-9,12H2,1-2H3,(H,23,24,27). The first kappa shape index (κ1) is 18.7. The molecule has 2 aromatic rings. The van der Waals surface area contributed by atoms with Gasteiger partial charge in [-0.1, -0.05) is 12.1 Å². The average Bonchev–Trinajstić information content (AvgIpc) is 3.13. The Morgan fingerprint density at radius 3 is 2.54 bits per heavy atom. The van der Waals surface area contributed by atoms with Crippen LogP contribution in [0.25, 0.3) is 0 Å². The Balaban J connectivity index is 1.34. The van der Waals surface area contributed by atoms with Crippen LogP contribution in [0, 0.1) is 18.8 Å². The van der Waals surface area contributed by atoms with E-state index in [4.69, 9.17) is 4.52 Å². The van der Waals surface area contributed by atoms with Gasteiger partial charge in [0.1, 0.15) is 23.7 Å². The molecule has 0 spiro atoms. The van der Waals surface area contributed by atoms with E-state index >= 15 is 0 Å². The Kier molecular flexibility index (Phi) is 5.45. The van der Waals surface area contributed by atoms with Crippen molar-refractivity contribution in [1.29, 1.82) is 0 Å². The predicted octanol–water partition coefficient (Wildman–Crippen LogP) is 2.86. The minimum absolute atomic E-state index is 0.0126. The molecular formula is C20H28N6O2. The topological polar surface area (TPSA) is 87.4 Å². The maximum atomic E-state index is 12.5. The van der Waals surface area contributed by atoms with Crippen molar-refractivity contribution >= 4 is 23.4 Å². The Bertz CT molecular complexity index is 815. The fraction of sp³-hybridized carbons (Fsp3) is 0.600. The molecule has 0 aliphatic carbocycles. The molecule has 150 valence electrons. The van der Waals surface area contributed by atoms with Crippen molar-refractivity contribution in [3.63, 3.8) is 0 Å². The molecule has 0 bridgehead atoms. The van der Waals surface area contributed by atoms with E-state index in [1.165, 1.54) is 12.8 Å². The number of nitrogens with one attached hydrogen (secondary N) is 1. The molecule has 4 rings (SSSR count). The number of aromatic nitrogens is 3. The van der Waals surface area contributed by atoms with Gasteiger partial charge in [-0.25, -0.2) is 9.97 Å². The second kappa shape index (κ2) is 8.16. The summed E-state index contributed by atoms with van der Waals surface area (Å²) >= 11 is 0. The van der Waals surface area contributed by atoms with Crippen LogP contribution >= 0.6 is 0 Å². The predicted molar refractivity (Wildman–Crippen MR) is 107 cm³/mol. The number of amides is 1. The summed E-state index contributed by atoms with van der Waals surface area (Å²) in [6.45, 7) is 7.84. The van der Waals surface area contributed by atoms with Crippen molar-refractivity contribution in [1.82, 2.24) is 15.1 Å². The second-order valence-electron chi connectivity index (χ2n) is 8.00. The first-order chi connectivity index (χ1) is 13.6. The van der Waals surface area contributed by atoms with Crippen LogP contribution in [0.5, 0.6) is 0 Å². The number of aryl methyl sites for hydroxylation is 1. The van der Waals surface area contributed by atoms with Gasteiger partial charge in [-0.2, -0.15) is 0 Å². The molecule has 2 aliphatic heterocycles. The van der Waals surface area contributed by atoms with Crippen molar-refractivity contribution < 1.29 is 9.32 Å². The van der Waals surface area contributed by atoms with Crippen molar-refractivity contribution in [2.45, 2.75) is 39.5 Å². The SMILES string of the molecule is Cc1cc(NC(=O)C2CCN(c3cc(N4CCCC(C)C4)ncn3)CC2)no1. The van der Waals surface area contributed by atoms with Crippen molar-refractivity contribution in [2.24, 2.45) is 11.8 Å². The van der Waals surface area contributed by atoms with Gasteiger partial charge in [0.2, 0.25) is 5.91 Å². The fourth-order valence-electron chi connectivity index (χ4n) is 4.10. The molecule has 0 saturated carbocycles. The summed E-state index contributed by atoms with van der Waals surface area (Å²) in [5, 5.41) is 6.68. The Morgan fingerprint density at radius 1 is 1.11 bits per heavy atom. The zero-order valence-electron chi connectivity index (χ0n) is 16.6. The molecule has 0 radical (unpaired) electrons. The van der Waals surface area contributed by atoms with Gasteiger partial charge in [-0.3, -0.25) is 4.79 Å². The molecular weight excluding hydrogens is 356 g/mol. The molecule has 0 aromatic carbocycles. The first-order valence-electron chi connectivity index (χ1n) is 10.1. The van der Waals surface area contributed by atoms with Crippen LogP contribution in [0.1, 0.15) is 38.4 Å². The van der Waals surface area contributed by atoms with E-state index in [2.05, 4.69) is 43.2 Å². The van der Waals surface area contributed by atoms with Crippen LogP contribution in [-0.4, -0.2) is 47.2 Å². The maximum Gasteiger partial charge on any atom is 0.228 e. The molecule has 2 aromatic heterocycles. The van der Waals surface area contributed by atoms with Gasteiger partial charge in [0, 0.05) is 44.2 Å². The lowest BCUT2D eigenvalue weighted by atomic mass is 9.96. The quantitative estimate of drug-likeness (QED) is 0.867. The van der Waals surface area contributed by atoms with E-state index in [0.29, 0.717) is 17.5 Å². The summed E-state index contributed by atoms with van der Waals surface area (Å²) in [4.78, 5) is 26.1. The van der Waals surface area contributed by atoms with Crippen LogP contribution < -0.4 is 15.1 Å². The van der Waals surface area contributed by atoms with E-state index in [-0.39, 0.29) is 11.8 Å². The largest absolute Gasteiger partial charge is 0.360 e. The average molecular weight is 384 g/mol. The third kappa shape index (κ3) is 4.26. The Labute approximate surface area is 165 Å². The summed E-state index contributed by atoms with van der Waals surface area (Å²) in [5.41, 5.74) is 0. The molecule has 8 heteroatoms. The summed E-state index contributed by atoms with van der Waals surface area (Å²) in [6, 6.07) is 3.83. The molecule has 1 N–H and O–H groups in total. The lowest BCUT2D eigenvalue weighted by Gasteiger charge is -2.34. The molecule has 1 atom stereocenters. The molecule has 2 saturated heterocycles. The van der Waals surface area contributed by atoms with E-state index in [1.807, 2.05) is 6.92 Å². The summed E-state index contributed by atoms with van der Waals surface area (Å²) in [5.74, 6) is 3.84. The van der Waals surface area contributed by atoms with Crippen LogP contribution in [-0.2, 0) is 4.79 Å². The van der Waals surface area contributed by atoms with E-state index in [9.17, 15) is 4.79 Å². The minimum Gasteiger partial charge on any atom is -0.360 e. The Morgan fingerprint density at radius 2 is 1.86 bits per heavy atom. The van der Waals surface area contributed by atoms with Crippen LogP contribution in [0.3, 0.4) is 0 Å². The smallest absolute Gasteiger partial charge is 0.228 e. The number of hydrogen-bond acceptors (Lipinski definition) is 7. The minimum atomic E-state index is -0.0162. The van der Waals surface area contributed by atoms with Crippen molar-refractivity contribution in [2.75, 3.05) is 41.3 Å². The highest BCUT2D eigenvalue weighted by atomic mass is 16.5. The van der Waals surface area contributed by atoms with Gasteiger partial charge in [0.25, 0.3) is 0 Å². The highest BCUT2D eigenvalue weighted by Gasteiger charge is 2.27. The van der Waals surface area contributed by atoms with E-state index in [0.717, 1.165) is 50.7 Å². The van der Waals surface area contributed by atoms with Gasteiger partial charge in [0.05, 0.1) is 0 Å². The molecule has 2 aliphatic rings. The van der Waals surface area contributed by atoms with Gasteiger partial charge >= 0.3 is 0 Å². The number of hydrogen-bond donors (Lipinski definition) is 1. The normalized spacial score (nSPS) is 21.0. The lowest BCUT2D eigenvalue weighted by Crippen LogP contribution is -2.39. The highest BCUT2D eigenvalue weighted by molar-refractivity contribution is 5.91. The van der Waals surface area contributed by atoms with Gasteiger partial charge < -0.3 is 19.6 Å². The molecule has 4 heterocycles. The van der Waals surface area contributed by atoms with Gasteiger partial charge in [-0.05, 0) is 38.5 Å². The fourth-order valence-corrected chi connectivity index (χ4v) is 4.10. The number of nitrogens with zero attached hydrogens (tertiary/aromatic N) is 5. The second-order valence-corrected chi connectivity index (χ2v) is 8.00. The zero-order valence-corrected chi connectivity index (χ0v) is 16.6. The van der Waals surface area contributed by atoms with Gasteiger partial charge in [0.15, 0.2) is 5.82 Å². The number of carbonyl (C=O) groups excluding carboxylic acids is 1. The Hall–Kier alpha value is -2.64. The molecule has 1 unspecified atom stereocenters. The zero-order chi connectivity index (χ0) is 19.5. The van der Waals surface area contributed by atoms with Crippen LogP contribution in [0.2, 0.25) is 0 Å². The number of piperidine rings is 2. The number of carbonyl (C=O) groups is 1. The highest BCUT2D eigenvalue weighted by Crippen LogP contribution is 2.27. The molecule has 28 heavy (non-hydrogen) atoms. The number of rotatable bonds is 4. The first-order valence-corrected chi connectivity index (χ1v) is 10.1. The lowest BCUT2D eigenvalue weighted by molar-refractivity contribution is -0.120. The molecule has 1 amide bonds.